The van der Waals surface area contributed by atoms with Crippen LogP contribution >= 0.6 is 0 Å². The Kier molecular flexibility index (Phi) is 7.01. The fourth-order valence-electron chi connectivity index (χ4n) is 3.84. The van der Waals surface area contributed by atoms with Gasteiger partial charge in [0.05, 0.1) is 12.2 Å². The molecule has 1 aliphatic rings. The van der Waals surface area contributed by atoms with E-state index in [0.717, 1.165) is 26.2 Å². The summed E-state index contributed by atoms with van der Waals surface area (Å²) < 4.78 is 5.63. The lowest BCUT2D eigenvalue weighted by molar-refractivity contribution is 0.0923. The number of aromatic nitrogens is 1. The summed E-state index contributed by atoms with van der Waals surface area (Å²) in [7, 11) is 4.15. The molecule has 1 N–H and O–H groups in total. The molecule has 1 saturated heterocycles. The number of likely N-dealkylation sites (tertiary alicyclic amines) is 1. The number of hydrogen-bond donors (Lipinski definition) is 1. The Morgan fingerprint density at radius 2 is 2.07 bits per heavy atom. The third-order valence-electron chi connectivity index (χ3n) is 4.99. The van der Waals surface area contributed by atoms with Crippen molar-refractivity contribution < 1.29 is 9.53 Å². The Labute approximate surface area is 167 Å². The van der Waals surface area contributed by atoms with Gasteiger partial charge in [-0.05, 0) is 44.8 Å². The molecule has 2 heterocycles. The molecule has 6 nitrogen and oxygen atoms in total. The van der Waals surface area contributed by atoms with Crippen molar-refractivity contribution in [3.63, 3.8) is 0 Å². The Bertz CT molecular complexity index is 766. The first-order valence-electron chi connectivity index (χ1n) is 9.85. The van der Waals surface area contributed by atoms with Crippen LogP contribution in [0.15, 0.2) is 48.8 Å². The summed E-state index contributed by atoms with van der Waals surface area (Å²) in [6.07, 6.45) is 3.70. The molecule has 1 fully saturated rings. The van der Waals surface area contributed by atoms with Crippen molar-refractivity contribution >= 4 is 5.91 Å². The van der Waals surface area contributed by atoms with Crippen LogP contribution in [0, 0.1) is 5.92 Å². The van der Waals surface area contributed by atoms with E-state index in [2.05, 4.69) is 40.3 Å². The van der Waals surface area contributed by atoms with Crippen LogP contribution in [0.2, 0.25) is 0 Å². The van der Waals surface area contributed by atoms with Crippen molar-refractivity contribution in [3.8, 4) is 5.75 Å². The predicted molar refractivity (Wildman–Crippen MR) is 110 cm³/mol. The standard InChI is InChI=1S/C22H30N4O2/c1-4-28-21-10-6-5-9-19(21)22(27)24-20-16-26(15-18(20)14-25(2)3)13-17-8-7-11-23-12-17/h5-12,18,20H,4,13-16H2,1-3H3,(H,24,27). The van der Waals surface area contributed by atoms with Gasteiger partial charge in [0.1, 0.15) is 5.75 Å². The molecule has 0 radical (unpaired) electrons. The van der Waals surface area contributed by atoms with Gasteiger partial charge in [-0.1, -0.05) is 18.2 Å². The van der Waals surface area contributed by atoms with Crippen LogP contribution in [-0.4, -0.2) is 67.1 Å². The molecular formula is C22H30N4O2. The third kappa shape index (κ3) is 5.30. The number of benzene rings is 1. The molecule has 2 unspecified atom stereocenters. The van der Waals surface area contributed by atoms with E-state index in [1.54, 1.807) is 6.20 Å². The first-order chi connectivity index (χ1) is 13.6. The van der Waals surface area contributed by atoms with Crippen molar-refractivity contribution in [1.29, 1.82) is 0 Å². The second-order valence-electron chi connectivity index (χ2n) is 7.59. The summed E-state index contributed by atoms with van der Waals surface area (Å²) in [5, 5.41) is 3.26. The normalized spacial score (nSPS) is 19.7. The smallest absolute Gasteiger partial charge is 0.255 e. The molecule has 150 valence electrons. The summed E-state index contributed by atoms with van der Waals surface area (Å²) in [6, 6.07) is 11.6. The number of ether oxygens (including phenoxy) is 1. The number of amides is 1. The lowest BCUT2D eigenvalue weighted by Gasteiger charge is -2.23. The van der Waals surface area contributed by atoms with E-state index in [0.29, 0.717) is 23.8 Å². The number of carbonyl (C=O) groups is 1. The second-order valence-corrected chi connectivity index (χ2v) is 7.59. The minimum atomic E-state index is -0.0685. The number of nitrogens with one attached hydrogen (secondary N) is 1. The molecule has 1 aromatic heterocycles. The van der Waals surface area contributed by atoms with E-state index < -0.39 is 0 Å². The zero-order chi connectivity index (χ0) is 19.9. The van der Waals surface area contributed by atoms with Gasteiger partial charge in [-0.3, -0.25) is 14.7 Å². The van der Waals surface area contributed by atoms with Gasteiger partial charge in [-0.25, -0.2) is 0 Å². The quantitative estimate of drug-likeness (QED) is 0.759. The first-order valence-corrected chi connectivity index (χ1v) is 9.85. The summed E-state index contributed by atoms with van der Waals surface area (Å²) in [6.45, 7) is 6.02. The van der Waals surface area contributed by atoms with Gasteiger partial charge in [-0.2, -0.15) is 0 Å². The molecule has 1 amide bonds. The third-order valence-corrected chi connectivity index (χ3v) is 4.99. The second kappa shape index (κ2) is 9.66. The van der Waals surface area contributed by atoms with E-state index in [1.165, 1.54) is 5.56 Å². The topological polar surface area (TPSA) is 57.7 Å². The highest BCUT2D eigenvalue weighted by atomic mass is 16.5. The van der Waals surface area contributed by atoms with Gasteiger partial charge in [-0.15, -0.1) is 0 Å². The van der Waals surface area contributed by atoms with Crippen molar-refractivity contribution in [3.05, 3.63) is 59.9 Å². The van der Waals surface area contributed by atoms with Gasteiger partial charge in [0.15, 0.2) is 0 Å². The van der Waals surface area contributed by atoms with E-state index in [1.807, 2.05) is 43.5 Å². The number of hydrogen-bond acceptors (Lipinski definition) is 5. The number of rotatable bonds is 8. The zero-order valence-corrected chi connectivity index (χ0v) is 17.0. The summed E-state index contributed by atoms with van der Waals surface area (Å²) in [5.74, 6) is 0.938. The van der Waals surface area contributed by atoms with E-state index in [-0.39, 0.29) is 11.9 Å². The molecule has 1 aromatic carbocycles. The SMILES string of the molecule is CCOc1ccccc1C(=O)NC1CN(Cc2cccnc2)CC1CN(C)C. The van der Waals surface area contributed by atoms with Gasteiger partial charge in [0.25, 0.3) is 5.91 Å². The number of pyridine rings is 1. The molecule has 6 heteroatoms. The highest BCUT2D eigenvalue weighted by Crippen LogP contribution is 2.22. The molecule has 3 rings (SSSR count). The van der Waals surface area contributed by atoms with Crippen molar-refractivity contribution in [2.24, 2.45) is 5.92 Å². The van der Waals surface area contributed by atoms with Crippen LogP contribution in [0.25, 0.3) is 0 Å². The Hall–Kier alpha value is -2.44. The molecule has 0 spiro atoms. The number of nitrogens with zero attached hydrogens (tertiary/aromatic N) is 3. The summed E-state index contributed by atoms with van der Waals surface area (Å²) in [5.41, 5.74) is 1.79. The maximum absolute atomic E-state index is 13.0. The van der Waals surface area contributed by atoms with E-state index in [4.69, 9.17) is 4.74 Å². The van der Waals surface area contributed by atoms with Crippen molar-refractivity contribution in [2.45, 2.75) is 19.5 Å². The summed E-state index contributed by atoms with van der Waals surface area (Å²) in [4.78, 5) is 21.7. The largest absolute Gasteiger partial charge is 0.493 e. The lowest BCUT2D eigenvalue weighted by Crippen LogP contribution is -2.43. The zero-order valence-electron chi connectivity index (χ0n) is 17.0. The monoisotopic (exact) mass is 382 g/mol. The average molecular weight is 383 g/mol. The molecule has 1 aliphatic heterocycles. The summed E-state index contributed by atoms with van der Waals surface area (Å²) >= 11 is 0. The van der Waals surface area contributed by atoms with Crippen LogP contribution < -0.4 is 10.1 Å². The molecule has 0 aliphatic carbocycles. The lowest BCUT2D eigenvalue weighted by atomic mass is 10.0. The molecule has 0 bridgehead atoms. The Morgan fingerprint density at radius 3 is 2.79 bits per heavy atom. The Balaban J connectivity index is 1.70. The van der Waals surface area contributed by atoms with Gasteiger partial charge < -0.3 is 15.0 Å². The van der Waals surface area contributed by atoms with Crippen LogP contribution in [0.5, 0.6) is 5.75 Å². The average Bonchev–Trinajstić information content (AvgIpc) is 3.03. The van der Waals surface area contributed by atoms with Gasteiger partial charge >= 0.3 is 0 Å². The van der Waals surface area contributed by atoms with Gasteiger partial charge in [0, 0.05) is 50.5 Å². The highest BCUT2D eigenvalue weighted by Gasteiger charge is 2.34. The molecule has 2 atom stereocenters. The van der Waals surface area contributed by atoms with Crippen molar-refractivity contribution in [1.82, 2.24) is 20.1 Å². The Morgan fingerprint density at radius 1 is 1.25 bits per heavy atom. The molecule has 2 aromatic rings. The maximum Gasteiger partial charge on any atom is 0.255 e. The van der Waals surface area contributed by atoms with Crippen molar-refractivity contribution in [2.75, 3.05) is 40.3 Å². The molecular weight excluding hydrogens is 352 g/mol. The van der Waals surface area contributed by atoms with Gasteiger partial charge in [0.2, 0.25) is 0 Å². The number of carbonyl (C=O) groups excluding carboxylic acids is 1. The minimum Gasteiger partial charge on any atom is -0.493 e. The fraction of sp³-hybridized carbons (Fsp3) is 0.455. The number of para-hydroxylation sites is 1. The van der Waals surface area contributed by atoms with Crippen LogP contribution in [0.1, 0.15) is 22.8 Å². The highest BCUT2D eigenvalue weighted by molar-refractivity contribution is 5.97. The maximum atomic E-state index is 13.0. The minimum absolute atomic E-state index is 0.0685. The molecule has 28 heavy (non-hydrogen) atoms. The van der Waals surface area contributed by atoms with E-state index in [9.17, 15) is 4.79 Å². The van der Waals surface area contributed by atoms with Crippen LogP contribution in [0.4, 0.5) is 0 Å². The van der Waals surface area contributed by atoms with Crippen LogP contribution in [0.3, 0.4) is 0 Å². The molecule has 0 saturated carbocycles. The fourth-order valence-corrected chi connectivity index (χ4v) is 3.84. The van der Waals surface area contributed by atoms with Crippen LogP contribution in [-0.2, 0) is 6.54 Å². The predicted octanol–water partition coefficient (Wildman–Crippen LogP) is 2.27. The van der Waals surface area contributed by atoms with E-state index >= 15 is 0 Å². The first kappa shape index (κ1) is 20.3.